The predicted octanol–water partition coefficient (Wildman–Crippen LogP) is 10.6. The van der Waals surface area contributed by atoms with Crippen LogP contribution in [-0.4, -0.2) is 101 Å². The molecule has 2 bridgehead atoms. The smallest absolute Gasteiger partial charge is 0.410 e. The van der Waals surface area contributed by atoms with Crippen LogP contribution >= 0.6 is 0 Å². The van der Waals surface area contributed by atoms with E-state index < -0.39 is 31.4 Å². The number of hydrogen-bond donors (Lipinski definition) is 0. The number of pyridine rings is 1. The fourth-order valence-corrected chi connectivity index (χ4v) is 17.4. The zero-order valence-corrected chi connectivity index (χ0v) is 39.6. The number of halogens is 2. The SMILES string of the molecule is C=C1CN2CCCC2(COc2nc3c4c(nc(-c5cccc6ccc(F)c(C#C[Si](C(C)C)(C(C)C)C(C)C)c56)c(F)c4n2)O[C@@H](C)[C@@H]2[C@@H]4CC[C@H](CN32)N4C(=O)OC(C)(C)C)C1. The Morgan fingerprint density at radius 3 is 2.49 bits per heavy atom. The van der Waals surface area contributed by atoms with E-state index in [4.69, 9.17) is 29.2 Å². The number of amides is 1. The number of anilines is 1. The summed E-state index contributed by atoms with van der Waals surface area (Å²) in [7, 11) is -2.29. The van der Waals surface area contributed by atoms with Gasteiger partial charge in [-0.2, -0.15) is 9.97 Å². The molecule has 0 aliphatic carbocycles. The molecule has 1 unspecified atom stereocenters. The van der Waals surface area contributed by atoms with E-state index >= 15 is 8.78 Å². The number of piperazine rings is 1. The van der Waals surface area contributed by atoms with Crippen LogP contribution in [0.1, 0.15) is 107 Å². The molecule has 334 valence electrons. The normalized spacial score (nSPS) is 24.5. The van der Waals surface area contributed by atoms with Crippen molar-refractivity contribution in [1.29, 1.82) is 0 Å². The van der Waals surface area contributed by atoms with Crippen LogP contribution in [0.2, 0.25) is 16.6 Å². The van der Waals surface area contributed by atoms with Gasteiger partial charge in [-0.3, -0.25) is 9.80 Å². The Balaban J connectivity index is 1.23. The van der Waals surface area contributed by atoms with E-state index in [-0.39, 0.29) is 58.4 Å². The summed E-state index contributed by atoms with van der Waals surface area (Å²) in [5.74, 6) is 2.85. The fourth-order valence-electron chi connectivity index (χ4n) is 12.2. The second-order valence-electron chi connectivity index (χ2n) is 20.7. The molecule has 0 spiro atoms. The molecule has 10 nitrogen and oxygen atoms in total. The summed E-state index contributed by atoms with van der Waals surface area (Å²) in [6.45, 7) is 27.8. The summed E-state index contributed by atoms with van der Waals surface area (Å²) in [5.41, 5.74) is 5.58. The molecule has 7 heterocycles. The number of ether oxygens (including phenoxy) is 3. The number of benzene rings is 2. The molecular formula is C50H62F2N6O4Si. The highest BCUT2D eigenvalue weighted by Crippen LogP contribution is 2.48. The summed E-state index contributed by atoms with van der Waals surface area (Å²) in [5, 5.41) is 1.54. The number of hydrogen-bond acceptors (Lipinski definition) is 9. The van der Waals surface area contributed by atoms with Gasteiger partial charge in [-0.15, -0.1) is 5.54 Å². The van der Waals surface area contributed by atoms with Gasteiger partial charge in [0.1, 0.15) is 54.6 Å². The quantitative estimate of drug-likeness (QED) is 0.102. The van der Waals surface area contributed by atoms with Crippen molar-refractivity contribution < 1.29 is 27.8 Å². The lowest BCUT2D eigenvalue weighted by molar-refractivity contribution is 0.000934. The minimum absolute atomic E-state index is 0.00765. The Labute approximate surface area is 371 Å². The van der Waals surface area contributed by atoms with Crippen molar-refractivity contribution in [1.82, 2.24) is 24.8 Å². The van der Waals surface area contributed by atoms with Crippen molar-refractivity contribution in [3.05, 3.63) is 59.7 Å². The van der Waals surface area contributed by atoms with E-state index in [1.807, 2.05) is 44.7 Å². The van der Waals surface area contributed by atoms with Gasteiger partial charge in [-0.05, 0) is 94.4 Å². The van der Waals surface area contributed by atoms with E-state index in [0.29, 0.717) is 57.3 Å². The van der Waals surface area contributed by atoms with E-state index in [1.54, 1.807) is 12.1 Å². The molecule has 4 aromatic rings. The fraction of sp³-hybridized carbons (Fsp3) is 0.560. The lowest BCUT2D eigenvalue weighted by atomic mass is 9.94. The maximum atomic E-state index is 18.0. The second kappa shape index (κ2) is 15.7. The third-order valence-electron chi connectivity index (χ3n) is 14.8. The first-order valence-corrected chi connectivity index (χ1v) is 25.2. The van der Waals surface area contributed by atoms with Gasteiger partial charge in [-0.1, -0.05) is 83.9 Å². The topological polar surface area (TPSA) is 93.2 Å². The Hall–Kier alpha value is -4.80. The largest absolute Gasteiger partial charge is 0.472 e. The molecule has 63 heavy (non-hydrogen) atoms. The average molecular weight is 877 g/mol. The molecule has 4 fully saturated rings. The van der Waals surface area contributed by atoms with Crippen molar-refractivity contribution in [2.45, 2.75) is 153 Å². The monoisotopic (exact) mass is 876 g/mol. The Kier molecular flexibility index (Phi) is 10.8. The van der Waals surface area contributed by atoms with Gasteiger partial charge in [0, 0.05) is 24.0 Å². The lowest BCUT2D eigenvalue weighted by Gasteiger charge is -2.48. The van der Waals surface area contributed by atoms with Crippen molar-refractivity contribution in [2.75, 3.05) is 31.1 Å². The molecule has 1 amide bonds. The highest BCUT2D eigenvalue weighted by atomic mass is 28.3. The summed E-state index contributed by atoms with van der Waals surface area (Å²) in [6.07, 6.45) is 3.48. The van der Waals surface area contributed by atoms with Crippen LogP contribution in [0.4, 0.5) is 19.4 Å². The Bertz CT molecular complexity index is 2560. The number of aromatic nitrogens is 3. The van der Waals surface area contributed by atoms with Gasteiger partial charge in [0.15, 0.2) is 5.82 Å². The molecular weight excluding hydrogens is 815 g/mol. The zero-order valence-electron chi connectivity index (χ0n) is 38.6. The molecule has 13 heteroatoms. The van der Waals surface area contributed by atoms with Crippen LogP contribution in [-0.2, 0) is 4.74 Å². The van der Waals surface area contributed by atoms with E-state index in [1.165, 1.54) is 11.6 Å². The highest BCUT2D eigenvalue weighted by molar-refractivity contribution is 6.90. The van der Waals surface area contributed by atoms with E-state index in [0.717, 1.165) is 45.2 Å². The highest BCUT2D eigenvalue weighted by Gasteiger charge is 2.54. The minimum atomic E-state index is -2.29. The van der Waals surface area contributed by atoms with Crippen molar-refractivity contribution in [3.63, 3.8) is 0 Å². The first-order chi connectivity index (χ1) is 29.8. The molecule has 5 atom stereocenters. The Morgan fingerprint density at radius 2 is 1.78 bits per heavy atom. The molecule has 5 aliphatic heterocycles. The van der Waals surface area contributed by atoms with Crippen LogP contribution in [0.5, 0.6) is 11.9 Å². The number of carbonyl (C=O) groups excluding carboxylic acids is 1. The number of carbonyl (C=O) groups is 1. The maximum Gasteiger partial charge on any atom is 0.410 e. The zero-order chi connectivity index (χ0) is 44.9. The van der Waals surface area contributed by atoms with Gasteiger partial charge >= 0.3 is 12.1 Å². The summed E-state index contributed by atoms with van der Waals surface area (Å²) in [4.78, 5) is 35.3. The van der Waals surface area contributed by atoms with Crippen molar-refractivity contribution in [3.8, 4) is 34.6 Å². The van der Waals surface area contributed by atoms with Crippen molar-refractivity contribution in [2.24, 2.45) is 0 Å². The number of fused-ring (bicyclic) bond motifs is 7. The van der Waals surface area contributed by atoms with Crippen LogP contribution in [0.3, 0.4) is 0 Å². The van der Waals surface area contributed by atoms with Gasteiger partial charge in [-0.25, -0.2) is 18.6 Å². The van der Waals surface area contributed by atoms with Crippen LogP contribution < -0.4 is 14.4 Å². The maximum absolute atomic E-state index is 18.0. The van der Waals surface area contributed by atoms with Crippen LogP contribution in [0.15, 0.2) is 42.5 Å². The first-order valence-electron chi connectivity index (χ1n) is 23.0. The molecule has 2 aromatic heterocycles. The molecule has 9 rings (SSSR count). The minimum Gasteiger partial charge on any atom is -0.472 e. The molecule has 0 saturated carbocycles. The first kappa shape index (κ1) is 43.4. The number of nitrogens with zero attached hydrogens (tertiary/aromatic N) is 6. The standard InChI is InChI=1S/C50H62F2N6O4Si/c1-28(2)63(29(3)4,30(5)6)23-20-35-37(51)18-16-33-14-12-15-36(39(33)35)42-41(52)43-40-45(55-47(54-43)60-27-50-21-13-22-56(50)25-31(7)24-50)57-26-34-17-19-38(44(57)32(8)61-46(40)53-42)58(34)48(59)62-49(9,10)11/h12,14-16,18,28-30,32,34,38,44H,7,13,17,19,21-22,24-27H2,1-6,8-11H3/t32-,34+,38-,44+,50?/m0/s1. The third-order valence-corrected chi connectivity index (χ3v) is 21.1. The second-order valence-corrected chi connectivity index (χ2v) is 26.3. The Morgan fingerprint density at radius 1 is 1.03 bits per heavy atom. The van der Waals surface area contributed by atoms with Gasteiger partial charge in [0.2, 0.25) is 5.88 Å². The van der Waals surface area contributed by atoms with Crippen LogP contribution in [0.25, 0.3) is 32.9 Å². The van der Waals surface area contributed by atoms with Crippen LogP contribution in [0, 0.1) is 23.1 Å². The summed E-state index contributed by atoms with van der Waals surface area (Å²) >= 11 is 0. The summed E-state index contributed by atoms with van der Waals surface area (Å²) < 4.78 is 53.7. The molecule has 0 N–H and O–H groups in total. The lowest BCUT2D eigenvalue weighted by Crippen LogP contribution is -2.65. The molecule has 0 radical (unpaired) electrons. The van der Waals surface area contributed by atoms with Gasteiger partial charge < -0.3 is 19.1 Å². The van der Waals surface area contributed by atoms with Crippen molar-refractivity contribution >= 4 is 41.7 Å². The molecule has 5 aliphatic rings. The van der Waals surface area contributed by atoms with E-state index in [9.17, 15) is 4.79 Å². The van der Waals surface area contributed by atoms with Gasteiger partial charge in [0.05, 0.1) is 29.2 Å². The number of rotatable bonds is 7. The molecule has 2 aromatic carbocycles. The van der Waals surface area contributed by atoms with Gasteiger partial charge in [0.25, 0.3) is 0 Å². The van der Waals surface area contributed by atoms with E-state index in [2.05, 4.69) is 69.4 Å². The predicted molar refractivity (Wildman–Crippen MR) is 247 cm³/mol. The average Bonchev–Trinajstić information content (AvgIpc) is 3.82. The summed E-state index contributed by atoms with van der Waals surface area (Å²) in [6, 6.07) is 7.92. The molecule has 4 saturated heterocycles. The third kappa shape index (κ3) is 7.14.